The number of nitrogens with one attached hydrogen (secondary N) is 1. The lowest BCUT2D eigenvalue weighted by molar-refractivity contribution is -0.122. The Labute approximate surface area is 156 Å². The van der Waals surface area contributed by atoms with Crippen LogP contribution in [0.1, 0.15) is 18.1 Å². The number of benzene rings is 2. The second-order valence-electron chi connectivity index (χ2n) is 5.66. The monoisotopic (exact) mass is 414 g/mol. The zero-order valence-electron chi connectivity index (χ0n) is 13.3. The standard InChI is InChI=1S/C18H20BrFN2O.ClH/c1-12(9-14-7-8-16(20)15(19)10-14)22-18(23)17(21)11-13-5-3-2-4-6-13;/h2-8,10,12,17H,9,11,21H2,1H3,(H,22,23);1H/t12?,17-;/m0./s1. The van der Waals surface area contributed by atoms with E-state index in [2.05, 4.69) is 21.2 Å². The molecule has 0 aliphatic rings. The summed E-state index contributed by atoms with van der Waals surface area (Å²) in [4.78, 5) is 12.2. The van der Waals surface area contributed by atoms with Crippen molar-refractivity contribution in [3.8, 4) is 0 Å². The van der Waals surface area contributed by atoms with Gasteiger partial charge in [0.05, 0.1) is 10.5 Å². The molecule has 1 amide bonds. The van der Waals surface area contributed by atoms with E-state index in [1.165, 1.54) is 6.07 Å². The molecule has 2 aromatic carbocycles. The van der Waals surface area contributed by atoms with Crippen molar-refractivity contribution in [3.63, 3.8) is 0 Å². The third kappa shape index (κ3) is 6.23. The van der Waals surface area contributed by atoms with Gasteiger partial charge in [0, 0.05) is 6.04 Å². The van der Waals surface area contributed by atoms with E-state index < -0.39 is 6.04 Å². The fourth-order valence-electron chi connectivity index (χ4n) is 2.38. The van der Waals surface area contributed by atoms with E-state index in [0.717, 1.165) is 11.1 Å². The molecule has 0 aliphatic heterocycles. The zero-order valence-corrected chi connectivity index (χ0v) is 15.7. The molecule has 0 saturated carbocycles. The van der Waals surface area contributed by atoms with Crippen LogP contribution in [0.4, 0.5) is 4.39 Å². The maximum atomic E-state index is 13.2. The van der Waals surface area contributed by atoms with Crippen LogP contribution in [0.3, 0.4) is 0 Å². The molecule has 0 aliphatic carbocycles. The number of hydrogen-bond acceptors (Lipinski definition) is 2. The summed E-state index contributed by atoms with van der Waals surface area (Å²) < 4.78 is 13.7. The molecule has 24 heavy (non-hydrogen) atoms. The van der Waals surface area contributed by atoms with E-state index in [4.69, 9.17) is 5.73 Å². The van der Waals surface area contributed by atoms with E-state index in [0.29, 0.717) is 17.3 Å². The van der Waals surface area contributed by atoms with Crippen LogP contribution >= 0.6 is 28.3 Å². The van der Waals surface area contributed by atoms with Gasteiger partial charge in [-0.1, -0.05) is 36.4 Å². The van der Waals surface area contributed by atoms with Gasteiger partial charge in [-0.3, -0.25) is 4.79 Å². The second kappa shape index (κ2) is 9.77. The van der Waals surface area contributed by atoms with Gasteiger partial charge in [0.1, 0.15) is 5.82 Å². The number of amides is 1. The minimum atomic E-state index is -0.584. The molecule has 2 atom stereocenters. The third-order valence-electron chi connectivity index (χ3n) is 3.55. The summed E-state index contributed by atoms with van der Waals surface area (Å²) in [7, 11) is 0. The Morgan fingerprint density at radius 1 is 1.17 bits per heavy atom. The van der Waals surface area contributed by atoms with Gasteiger partial charge in [0.2, 0.25) is 5.91 Å². The van der Waals surface area contributed by atoms with E-state index in [1.807, 2.05) is 37.3 Å². The SMILES string of the molecule is CC(Cc1ccc(F)c(Br)c1)NC(=O)[C@@H](N)Cc1ccccc1.Cl. The first-order valence-electron chi connectivity index (χ1n) is 7.49. The Balaban J connectivity index is 0.00000288. The van der Waals surface area contributed by atoms with Crippen LogP contribution in [-0.4, -0.2) is 18.0 Å². The van der Waals surface area contributed by atoms with Gasteiger partial charge in [0.25, 0.3) is 0 Å². The highest BCUT2D eigenvalue weighted by molar-refractivity contribution is 9.10. The van der Waals surface area contributed by atoms with Gasteiger partial charge in [-0.2, -0.15) is 0 Å². The third-order valence-corrected chi connectivity index (χ3v) is 4.16. The van der Waals surface area contributed by atoms with Crippen molar-refractivity contribution in [3.05, 3.63) is 69.9 Å². The fraction of sp³-hybridized carbons (Fsp3) is 0.278. The van der Waals surface area contributed by atoms with Crippen molar-refractivity contribution < 1.29 is 9.18 Å². The van der Waals surface area contributed by atoms with Crippen molar-refractivity contribution in [1.29, 1.82) is 0 Å². The first-order chi connectivity index (χ1) is 11.0. The molecule has 0 fully saturated rings. The van der Waals surface area contributed by atoms with E-state index in [1.54, 1.807) is 12.1 Å². The molecule has 0 heterocycles. The summed E-state index contributed by atoms with van der Waals surface area (Å²) >= 11 is 3.16. The summed E-state index contributed by atoms with van der Waals surface area (Å²) in [6, 6.07) is 13.9. The predicted molar refractivity (Wildman–Crippen MR) is 101 cm³/mol. The average molecular weight is 416 g/mol. The summed E-state index contributed by atoms with van der Waals surface area (Å²) in [5, 5.41) is 2.91. The molecule has 0 bridgehead atoms. The largest absolute Gasteiger partial charge is 0.352 e. The number of carbonyl (C=O) groups excluding carboxylic acids is 1. The summed E-state index contributed by atoms with van der Waals surface area (Å²) in [5.74, 6) is -0.474. The maximum absolute atomic E-state index is 13.2. The van der Waals surface area contributed by atoms with Gasteiger partial charge in [-0.05, 0) is 59.0 Å². The fourth-order valence-corrected chi connectivity index (χ4v) is 2.81. The molecule has 2 aromatic rings. The normalized spacial score (nSPS) is 12.8. The molecule has 3 nitrogen and oxygen atoms in total. The van der Waals surface area contributed by atoms with Crippen molar-refractivity contribution in [2.75, 3.05) is 0 Å². The molecule has 0 aromatic heterocycles. The molecule has 0 saturated heterocycles. The van der Waals surface area contributed by atoms with Crippen LogP contribution in [0, 0.1) is 5.82 Å². The summed E-state index contributed by atoms with van der Waals surface area (Å²) in [6.45, 7) is 1.91. The van der Waals surface area contributed by atoms with Crippen molar-refractivity contribution in [2.45, 2.75) is 31.8 Å². The molecule has 3 N–H and O–H groups in total. The van der Waals surface area contributed by atoms with Crippen LogP contribution in [0.5, 0.6) is 0 Å². The lowest BCUT2D eigenvalue weighted by Gasteiger charge is -2.18. The van der Waals surface area contributed by atoms with E-state index in [9.17, 15) is 9.18 Å². The minimum absolute atomic E-state index is 0. The maximum Gasteiger partial charge on any atom is 0.237 e. The van der Waals surface area contributed by atoms with E-state index in [-0.39, 0.29) is 30.2 Å². The van der Waals surface area contributed by atoms with Gasteiger partial charge < -0.3 is 11.1 Å². The Kier molecular flexibility index (Phi) is 8.39. The van der Waals surface area contributed by atoms with Crippen LogP contribution in [0.2, 0.25) is 0 Å². The molecule has 1 unspecified atom stereocenters. The number of carbonyl (C=O) groups is 1. The second-order valence-corrected chi connectivity index (χ2v) is 6.51. The number of nitrogens with two attached hydrogens (primary N) is 1. The van der Waals surface area contributed by atoms with Gasteiger partial charge in [-0.15, -0.1) is 12.4 Å². The van der Waals surface area contributed by atoms with Crippen molar-refractivity contribution >= 4 is 34.2 Å². The smallest absolute Gasteiger partial charge is 0.237 e. The van der Waals surface area contributed by atoms with Crippen LogP contribution in [0.15, 0.2) is 53.0 Å². The van der Waals surface area contributed by atoms with E-state index >= 15 is 0 Å². The van der Waals surface area contributed by atoms with Crippen LogP contribution in [-0.2, 0) is 17.6 Å². The minimum Gasteiger partial charge on any atom is -0.352 e. The molecular formula is C18H21BrClFN2O. The lowest BCUT2D eigenvalue weighted by Crippen LogP contribution is -2.46. The van der Waals surface area contributed by atoms with Crippen LogP contribution in [0.25, 0.3) is 0 Å². The highest BCUT2D eigenvalue weighted by Crippen LogP contribution is 2.17. The molecule has 2 rings (SSSR count). The van der Waals surface area contributed by atoms with Crippen LogP contribution < -0.4 is 11.1 Å². The molecule has 0 spiro atoms. The Hall–Kier alpha value is -1.43. The topological polar surface area (TPSA) is 55.1 Å². The molecule has 6 heteroatoms. The van der Waals surface area contributed by atoms with Gasteiger partial charge in [-0.25, -0.2) is 4.39 Å². The number of rotatable bonds is 6. The molecular weight excluding hydrogens is 395 g/mol. The first-order valence-corrected chi connectivity index (χ1v) is 8.29. The highest BCUT2D eigenvalue weighted by atomic mass is 79.9. The number of hydrogen-bond donors (Lipinski definition) is 2. The van der Waals surface area contributed by atoms with Gasteiger partial charge >= 0.3 is 0 Å². The Morgan fingerprint density at radius 2 is 1.83 bits per heavy atom. The summed E-state index contributed by atoms with van der Waals surface area (Å²) in [6.07, 6.45) is 1.12. The van der Waals surface area contributed by atoms with Gasteiger partial charge in [0.15, 0.2) is 0 Å². The predicted octanol–water partition coefficient (Wildman–Crippen LogP) is 3.63. The molecule has 130 valence electrons. The first kappa shape index (κ1) is 20.6. The lowest BCUT2D eigenvalue weighted by atomic mass is 10.0. The van der Waals surface area contributed by atoms with Crippen molar-refractivity contribution in [1.82, 2.24) is 5.32 Å². The number of halogens is 3. The van der Waals surface area contributed by atoms with Crippen molar-refractivity contribution in [2.24, 2.45) is 5.73 Å². The average Bonchev–Trinajstić information content (AvgIpc) is 2.51. The Bertz CT molecular complexity index is 669. The quantitative estimate of drug-likeness (QED) is 0.757. The zero-order chi connectivity index (χ0) is 16.8. The highest BCUT2D eigenvalue weighted by Gasteiger charge is 2.16. The summed E-state index contributed by atoms with van der Waals surface area (Å²) in [5.41, 5.74) is 7.95. The Morgan fingerprint density at radius 3 is 2.46 bits per heavy atom. The molecule has 0 radical (unpaired) electrons.